The van der Waals surface area contributed by atoms with Crippen LogP contribution in [0, 0.1) is 0 Å². The number of carbonyl (C=O) groups is 1. The summed E-state index contributed by atoms with van der Waals surface area (Å²) in [7, 11) is 0. The number of carbonyl (C=O) groups excluding carboxylic acids is 1. The molecule has 0 aliphatic carbocycles. The second kappa shape index (κ2) is 4.55. The Bertz CT molecular complexity index is 95.8. The lowest BCUT2D eigenvalue weighted by atomic mass is 10.6. The minimum atomic E-state index is -1.50. The van der Waals surface area contributed by atoms with Crippen molar-refractivity contribution in [3.05, 3.63) is 0 Å². The highest BCUT2D eigenvalue weighted by Gasteiger charge is 1.99. The van der Waals surface area contributed by atoms with Crippen molar-refractivity contribution in [3.8, 4) is 0 Å². The summed E-state index contributed by atoms with van der Waals surface area (Å²) in [5.74, 6) is -0.572. The zero-order valence-corrected chi connectivity index (χ0v) is 5.43. The number of aliphatic hydroxyl groups is 2. The summed E-state index contributed by atoms with van der Waals surface area (Å²) in [5.41, 5.74) is 0. The number of aliphatic hydroxyl groups excluding tert-OH is 1. The van der Waals surface area contributed by atoms with E-state index < -0.39 is 12.2 Å². The summed E-state index contributed by atoms with van der Waals surface area (Å²) >= 11 is 5.06. The molecule has 54 valence electrons. The Balaban J connectivity index is 3.17. The van der Waals surface area contributed by atoms with Gasteiger partial charge in [-0.25, -0.2) is 0 Å². The predicted octanol–water partition coefficient (Wildman–Crippen LogP) is -1.35. The van der Waals surface area contributed by atoms with E-state index in [1.54, 1.807) is 0 Å². The molecule has 9 heavy (non-hydrogen) atoms. The molecule has 0 unspecified atom stereocenters. The van der Waals surface area contributed by atoms with E-state index in [1.165, 1.54) is 0 Å². The Labute approximate surface area is 57.4 Å². The van der Waals surface area contributed by atoms with E-state index in [0.717, 1.165) is 0 Å². The monoisotopic (exact) mass is 153 g/mol. The molecular formula is C4H8ClNO3. The molecule has 0 rings (SSSR count). The lowest BCUT2D eigenvalue weighted by molar-refractivity contribution is -0.121. The van der Waals surface area contributed by atoms with Gasteiger partial charge in [0, 0.05) is 0 Å². The van der Waals surface area contributed by atoms with Crippen LogP contribution in [0.1, 0.15) is 0 Å². The molecular weight excluding hydrogens is 146 g/mol. The highest BCUT2D eigenvalue weighted by Crippen LogP contribution is 1.75. The molecule has 0 heterocycles. The predicted molar refractivity (Wildman–Crippen MR) is 32.0 cm³/mol. The molecule has 0 radical (unpaired) electrons. The fourth-order valence-corrected chi connectivity index (χ4v) is 0.347. The molecule has 0 saturated heterocycles. The lowest BCUT2D eigenvalue weighted by Gasteiger charge is -2.02. The minimum Gasteiger partial charge on any atom is -0.367 e. The molecule has 0 atom stereocenters. The van der Waals surface area contributed by atoms with Gasteiger partial charge in [-0.05, 0) is 0 Å². The largest absolute Gasteiger partial charge is 0.367 e. The zero-order chi connectivity index (χ0) is 7.28. The quantitative estimate of drug-likeness (QED) is 0.347. The smallest absolute Gasteiger partial charge is 0.235 e. The first-order chi connectivity index (χ1) is 4.16. The first-order valence-corrected chi connectivity index (χ1v) is 2.89. The number of alkyl halides is 1. The second-order valence-electron chi connectivity index (χ2n) is 1.42. The van der Waals surface area contributed by atoms with Gasteiger partial charge in [0.2, 0.25) is 5.91 Å². The molecule has 0 aliphatic rings. The number of rotatable bonds is 3. The Morgan fingerprint density at radius 1 is 1.67 bits per heavy atom. The van der Waals surface area contributed by atoms with Crippen LogP contribution in [0.5, 0.6) is 0 Å². The summed E-state index contributed by atoms with van der Waals surface area (Å²) < 4.78 is 0. The van der Waals surface area contributed by atoms with Gasteiger partial charge in [-0.1, -0.05) is 0 Å². The van der Waals surface area contributed by atoms with E-state index in [-0.39, 0.29) is 12.4 Å². The van der Waals surface area contributed by atoms with Gasteiger partial charge in [0.15, 0.2) is 6.29 Å². The number of amides is 1. The molecule has 0 aromatic rings. The standard InChI is InChI=1S/C4H8ClNO3/c5-1-3(7)6-2-4(8)9/h4,8-9H,1-2H2,(H,6,7). The van der Waals surface area contributed by atoms with Crippen LogP contribution in [0.3, 0.4) is 0 Å². The highest BCUT2D eigenvalue weighted by atomic mass is 35.5. The minimum absolute atomic E-state index is 0.160. The van der Waals surface area contributed by atoms with Crippen LogP contribution in [-0.2, 0) is 4.79 Å². The normalized spacial score (nSPS) is 9.78. The SMILES string of the molecule is O=C(CCl)NCC(O)O. The van der Waals surface area contributed by atoms with Crippen molar-refractivity contribution in [2.75, 3.05) is 12.4 Å². The van der Waals surface area contributed by atoms with Gasteiger partial charge in [0.1, 0.15) is 5.88 Å². The fourth-order valence-electron chi connectivity index (χ4n) is 0.252. The Morgan fingerprint density at radius 3 is 2.56 bits per heavy atom. The van der Waals surface area contributed by atoms with E-state index >= 15 is 0 Å². The van der Waals surface area contributed by atoms with E-state index in [4.69, 9.17) is 21.8 Å². The van der Waals surface area contributed by atoms with Crippen LogP contribution in [0.4, 0.5) is 0 Å². The number of halogens is 1. The van der Waals surface area contributed by atoms with Gasteiger partial charge in [-0.2, -0.15) is 0 Å². The summed E-state index contributed by atoms with van der Waals surface area (Å²) in [4.78, 5) is 10.3. The molecule has 0 spiro atoms. The van der Waals surface area contributed by atoms with E-state index in [1.807, 2.05) is 0 Å². The summed E-state index contributed by atoms with van der Waals surface area (Å²) in [6, 6.07) is 0. The number of hydrogen-bond donors (Lipinski definition) is 3. The molecule has 0 aliphatic heterocycles. The molecule has 0 aromatic carbocycles. The third kappa shape index (κ3) is 5.55. The average molecular weight is 154 g/mol. The van der Waals surface area contributed by atoms with Crippen LogP contribution >= 0.6 is 11.6 Å². The first kappa shape index (κ1) is 8.68. The van der Waals surface area contributed by atoms with Crippen molar-refractivity contribution in [2.24, 2.45) is 0 Å². The molecule has 5 heteroatoms. The average Bonchev–Trinajstić information content (AvgIpc) is 1.83. The first-order valence-electron chi connectivity index (χ1n) is 2.35. The van der Waals surface area contributed by atoms with Crippen molar-refractivity contribution >= 4 is 17.5 Å². The molecule has 4 nitrogen and oxygen atoms in total. The van der Waals surface area contributed by atoms with Gasteiger partial charge >= 0.3 is 0 Å². The molecule has 0 fully saturated rings. The van der Waals surface area contributed by atoms with E-state index in [9.17, 15) is 4.79 Å². The summed E-state index contributed by atoms with van der Waals surface area (Å²) in [6.45, 7) is -0.175. The topological polar surface area (TPSA) is 69.6 Å². The van der Waals surface area contributed by atoms with E-state index in [0.29, 0.717) is 0 Å². The second-order valence-corrected chi connectivity index (χ2v) is 1.69. The van der Waals surface area contributed by atoms with Gasteiger partial charge in [-0.3, -0.25) is 4.79 Å². The van der Waals surface area contributed by atoms with Crippen molar-refractivity contribution in [3.63, 3.8) is 0 Å². The van der Waals surface area contributed by atoms with Gasteiger partial charge < -0.3 is 15.5 Å². The highest BCUT2D eigenvalue weighted by molar-refractivity contribution is 6.27. The maximum absolute atomic E-state index is 10.3. The third-order valence-corrected chi connectivity index (χ3v) is 0.846. The summed E-state index contributed by atoms with van der Waals surface area (Å²) in [6.07, 6.45) is -1.50. The zero-order valence-electron chi connectivity index (χ0n) is 4.67. The van der Waals surface area contributed by atoms with Crippen molar-refractivity contribution in [1.82, 2.24) is 5.32 Å². The van der Waals surface area contributed by atoms with Crippen molar-refractivity contribution < 1.29 is 15.0 Å². The van der Waals surface area contributed by atoms with Crippen LogP contribution < -0.4 is 5.32 Å². The molecule has 0 bridgehead atoms. The molecule has 0 aromatic heterocycles. The summed E-state index contributed by atoms with van der Waals surface area (Å²) in [5, 5.41) is 18.5. The van der Waals surface area contributed by atoms with Crippen LogP contribution in [0.25, 0.3) is 0 Å². The van der Waals surface area contributed by atoms with Crippen molar-refractivity contribution in [1.29, 1.82) is 0 Å². The maximum Gasteiger partial charge on any atom is 0.235 e. The Kier molecular flexibility index (Phi) is 4.39. The molecule has 1 amide bonds. The Morgan fingerprint density at radius 2 is 2.22 bits per heavy atom. The lowest BCUT2D eigenvalue weighted by Crippen LogP contribution is -2.32. The van der Waals surface area contributed by atoms with Gasteiger partial charge in [0.05, 0.1) is 6.54 Å². The maximum atomic E-state index is 10.3. The number of nitrogens with one attached hydrogen (secondary N) is 1. The van der Waals surface area contributed by atoms with E-state index in [2.05, 4.69) is 5.32 Å². The van der Waals surface area contributed by atoms with Gasteiger partial charge in [0.25, 0.3) is 0 Å². The van der Waals surface area contributed by atoms with Crippen molar-refractivity contribution in [2.45, 2.75) is 6.29 Å². The number of hydrogen-bond acceptors (Lipinski definition) is 3. The van der Waals surface area contributed by atoms with Crippen LogP contribution in [-0.4, -0.2) is 34.8 Å². The molecule has 0 saturated carbocycles. The van der Waals surface area contributed by atoms with Crippen LogP contribution in [0.15, 0.2) is 0 Å². The third-order valence-electron chi connectivity index (χ3n) is 0.603. The van der Waals surface area contributed by atoms with Gasteiger partial charge in [-0.15, -0.1) is 11.6 Å². The Hall–Kier alpha value is -0.320. The fraction of sp³-hybridized carbons (Fsp3) is 0.750. The molecule has 3 N–H and O–H groups in total. The van der Waals surface area contributed by atoms with Crippen LogP contribution in [0.2, 0.25) is 0 Å².